The molecule has 0 amide bonds. The van der Waals surface area contributed by atoms with E-state index in [1.807, 2.05) is 0 Å². The molecule has 0 aromatic rings. The smallest absolute Gasteiger partial charge is 0.0543 e. The summed E-state index contributed by atoms with van der Waals surface area (Å²) in [5, 5.41) is 19.4. The number of hydrogen-bond donors (Lipinski definition) is 2. The van der Waals surface area contributed by atoms with Crippen LogP contribution in [0, 0.1) is 46.3 Å². The zero-order valence-corrected chi connectivity index (χ0v) is 17.4. The molecule has 2 nitrogen and oxygen atoms in total. The Kier molecular flexibility index (Phi) is 5.23. The number of rotatable bonds is 4. The SMILES string of the molecule is CC(CCCO)[C@H]1CC[C@H]2[C@@H]3CC[C@@H]4C[C@H](O)CC[C@]4(C)[C@H]3CC[C@]12C. The third-order valence-corrected chi connectivity index (χ3v) is 10.2. The van der Waals surface area contributed by atoms with Crippen molar-refractivity contribution >= 4 is 0 Å². The van der Waals surface area contributed by atoms with Gasteiger partial charge in [0.1, 0.15) is 0 Å². The van der Waals surface area contributed by atoms with Crippen LogP contribution in [0.2, 0.25) is 0 Å². The van der Waals surface area contributed by atoms with E-state index in [1.165, 1.54) is 51.4 Å². The lowest BCUT2D eigenvalue weighted by Crippen LogP contribution is -2.54. The van der Waals surface area contributed by atoms with Gasteiger partial charge in [0, 0.05) is 6.61 Å². The molecule has 4 fully saturated rings. The highest BCUT2D eigenvalue weighted by atomic mass is 16.3. The molecule has 0 spiro atoms. The first kappa shape index (κ1) is 19.2. The Morgan fingerprint density at radius 1 is 0.923 bits per heavy atom. The summed E-state index contributed by atoms with van der Waals surface area (Å²) in [6.45, 7) is 8.05. The van der Waals surface area contributed by atoms with Crippen LogP contribution in [0.5, 0.6) is 0 Å². The molecule has 26 heavy (non-hydrogen) atoms. The predicted octanol–water partition coefficient (Wildman–Crippen LogP) is 5.41. The highest BCUT2D eigenvalue weighted by Crippen LogP contribution is 2.68. The molecule has 0 aromatic heterocycles. The Labute approximate surface area is 161 Å². The van der Waals surface area contributed by atoms with Crippen LogP contribution < -0.4 is 0 Å². The van der Waals surface area contributed by atoms with Crippen molar-refractivity contribution in [2.24, 2.45) is 46.3 Å². The third kappa shape index (κ3) is 2.89. The lowest BCUT2D eigenvalue weighted by atomic mass is 9.44. The van der Waals surface area contributed by atoms with Gasteiger partial charge in [0.25, 0.3) is 0 Å². The molecule has 0 bridgehead atoms. The van der Waals surface area contributed by atoms with Gasteiger partial charge in [0.2, 0.25) is 0 Å². The fourth-order valence-corrected chi connectivity index (χ4v) is 8.83. The quantitative estimate of drug-likeness (QED) is 0.701. The molecule has 4 saturated carbocycles. The van der Waals surface area contributed by atoms with Crippen LogP contribution >= 0.6 is 0 Å². The maximum absolute atomic E-state index is 10.2. The van der Waals surface area contributed by atoms with Crippen LogP contribution in [0.3, 0.4) is 0 Å². The van der Waals surface area contributed by atoms with E-state index < -0.39 is 0 Å². The minimum absolute atomic E-state index is 0.0262. The first-order valence-corrected chi connectivity index (χ1v) is 11.7. The second-order valence-electron chi connectivity index (χ2n) is 11.2. The molecule has 1 unspecified atom stereocenters. The predicted molar refractivity (Wildman–Crippen MR) is 107 cm³/mol. The van der Waals surface area contributed by atoms with Gasteiger partial charge in [-0.15, -0.1) is 0 Å². The summed E-state index contributed by atoms with van der Waals surface area (Å²) in [6, 6.07) is 0. The van der Waals surface area contributed by atoms with Crippen LogP contribution in [-0.2, 0) is 0 Å². The Balaban J connectivity index is 1.52. The van der Waals surface area contributed by atoms with E-state index in [-0.39, 0.29) is 6.10 Å². The Morgan fingerprint density at radius 3 is 2.42 bits per heavy atom. The highest BCUT2D eigenvalue weighted by molar-refractivity contribution is 5.09. The first-order chi connectivity index (χ1) is 12.4. The topological polar surface area (TPSA) is 40.5 Å². The Morgan fingerprint density at radius 2 is 1.65 bits per heavy atom. The monoisotopic (exact) mass is 362 g/mol. The van der Waals surface area contributed by atoms with E-state index in [4.69, 9.17) is 0 Å². The molecular weight excluding hydrogens is 320 g/mol. The number of fused-ring (bicyclic) bond motifs is 5. The summed E-state index contributed by atoms with van der Waals surface area (Å²) < 4.78 is 0. The molecule has 0 aliphatic heterocycles. The molecule has 4 rings (SSSR count). The van der Waals surface area contributed by atoms with E-state index in [0.717, 1.165) is 54.8 Å². The molecule has 0 aromatic carbocycles. The molecule has 4 aliphatic rings. The highest BCUT2D eigenvalue weighted by Gasteiger charge is 2.60. The maximum Gasteiger partial charge on any atom is 0.0543 e. The molecule has 0 saturated heterocycles. The standard InChI is InChI=1S/C24H42O2/c1-16(5-4-14-25)20-8-9-21-19-7-6-17-15-18(26)10-12-23(17,2)22(19)11-13-24(20,21)3/h16-22,25-26H,4-15H2,1-3H3/t16?,17-,18-,19+,20-,21+,22+,23+,24-/m1/s1. The van der Waals surface area contributed by atoms with Gasteiger partial charge in [-0.1, -0.05) is 20.8 Å². The Hall–Kier alpha value is -0.0800. The minimum Gasteiger partial charge on any atom is -0.396 e. The van der Waals surface area contributed by atoms with Crippen LogP contribution in [0.1, 0.15) is 91.4 Å². The molecule has 4 aliphatic carbocycles. The fourth-order valence-electron chi connectivity index (χ4n) is 8.83. The van der Waals surface area contributed by atoms with Crippen LogP contribution in [-0.4, -0.2) is 22.9 Å². The zero-order chi connectivity index (χ0) is 18.5. The molecule has 2 heteroatoms. The summed E-state index contributed by atoms with van der Waals surface area (Å²) in [5.41, 5.74) is 1.05. The molecule has 2 N–H and O–H groups in total. The van der Waals surface area contributed by atoms with E-state index in [0.29, 0.717) is 17.4 Å². The molecule has 9 atom stereocenters. The number of aliphatic hydroxyl groups is 2. The van der Waals surface area contributed by atoms with Gasteiger partial charge in [-0.25, -0.2) is 0 Å². The maximum atomic E-state index is 10.2. The van der Waals surface area contributed by atoms with Crippen molar-refractivity contribution in [1.82, 2.24) is 0 Å². The van der Waals surface area contributed by atoms with E-state index in [1.54, 1.807) is 0 Å². The van der Waals surface area contributed by atoms with Gasteiger partial charge < -0.3 is 10.2 Å². The van der Waals surface area contributed by atoms with E-state index in [2.05, 4.69) is 20.8 Å². The van der Waals surface area contributed by atoms with Gasteiger partial charge in [0.15, 0.2) is 0 Å². The third-order valence-electron chi connectivity index (χ3n) is 10.2. The number of aliphatic hydroxyl groups excluding tert-OH is 2. The van der Waals surface area contributed by atoms with E-state index >= 15 is 0 Å². The summed E-state index contributed by atoms with van der Waals surface area (Å²) in [4.78, 5) is 0. The summed E-state index contributed by atoms with van der Waals surface area (Å²) >= 11 is 0. The van der Waals surface area contributed by atoms with Crippen molar-refractivity contribution in [3.05, 3.63) is 0 Å². The van der Waals surface area contributed by atoms with Gasteiger partial charge in [0.05, 0.1) is 6.10 Å². The van der Waals surface area contributed by atoms with E-state index in [9.17, 15) is 10.2 Å². The van der Waals surface area contributed by atoms with Crippen molar-refractivity contribution in [2.75, 3.05) is 6.61 Å². The van der Waals surface area contributed by atoms with Gasteiger partial charge in [-0.2, -0.15) is 0 Å². The van der Waals surface area contributed by atoms with Gasteiger partial charge in [-0.05, 0) is 117 Å². The molecule has 0 radical (unpaired) electrons. The summed E-state index contributed by atoms with van der Waals surface area (Å²) in [7, 11) is 0. The van der Waals surface area contributed by atoms with Crippen molar-refractivity contribution in [3.63, 3.8) is 0 Å². The van der Waals surface area contributed by atoms with Crippen molar-refractivity contribution in [2.45, 2.75) is 97.5 Å². The minimum atomic E-state index is -0.0262. The molecule has 150 valence electrons. The number of hydrogen-bond acceptors (Lipinski definition) is 2. The molecular formula is C24H42O2. The molecule has 0 heterocycles. The summed E-state index contributed by atoms with van der Waals surface area (Å²) in [6.07, 6.45) is 14.1. The zero-order valence-electron chi connectivity index (χ0n) is 17.4. The average molecular weight is 363 g/mol. The van der Waals surface area contributed by atoms with Crippen molar-refractivity contribution in [3.8, 4) is 0 Å². The average Bonchev–Trinajstić information content (AvgIpc) is 2.97. The van der Waals surface area contributed by atoms with Crippen LogP contribution in [0.15, 0.2) is 0 Å². The van der Waals surface area contributed by atoms with Crippen molar-refractivity contribution in [1.29, 1.82) is 0 Å². The van der Waals surface area contributed by atoms with Crippen LogP contribution in [0.4, 0.5) is 0 Å². The van der Waals surface area contributed by atoms with Gasteiger partial charge in [-0.3, -0.25) is 0 Å². The van der Waals surface area contributed by atoms with Crippen molar-refractivity contribution < 1.29 is 10.2 Å². The van der Waals surface area contributed by atoms with Gasteiger partial charge >= 0.3 is 0 Å². The fraction of sp³-hybridized carbons (Fsp3) is 1.00. The first-order valence-electron chi connectivity index (χ1n) is 11.7. The second kappa shape index (κ2) is 7.07. The lowest BCUT2D eigenvalue weighted by Gasteiger charge is -2.61. The summed E-state index contributed by atoms with van der Waals surface area (Å²) in [5.74, 6) is 5.22. The Bertz CT molecular complexity index is 504. The van der Waals surface area contributed by atoms with Crippen LogP contribution in [0.25, 0.3) is 0 Å². The normalized spacial score (nSPS) is 52.0. The lowest BCUT2D eigenvalue weighted by molar-refractivity contribution is -0.129. The largest absolute Gasteiger partial charge is 0.396 e. The second-order valence-corrected chi connectivity index (χ2v) is 11.2.